The molecule has 1 aromatic heterocycles. The lowest BCUT2D eigenvalue weighted by Gasteiger charge is -1.95. The summed E-state index contributed by atoms with van der Waals surface area (Å²) in [4.78, 5) is 10.3. The highest BCUT2D eigenvalue weighted by Crippen LogP contribution is 2.19. The zero-order valence-electron chi connectivity index (χ0n) is 10.2. The summed E-state index contributed by atoms with van der Waals surface area (Å²) in [6.45, 7) is 0. The quantitative estimate of drug-likeness (QED) is 0.812. The van der Waals surface area contributed by atoms with Crippen molar-refractivity contribution in [1.29, 1.82) is 0 Å². The monoisotopic (exact) mass is 264 g/mol. The van der Waals surface area contributed by atoms with Crippen LogP contribution in [0.15, 0.2) is 28.7 Å². The van der Waals surface area contributed by atoms with Crippen molar-refractivity contribution < 1.29 is 18.7 Å². The number of aryl methyl sites for hydroxylation is 1. The van der Waals surface area contributed by atoms with Gasteiger partial charge in [0.1, 0.15) is 5.82 Å². The molecule has 0 amide bonds. The predicted molar refractivity (Wildman–Crippen MR) is 64.9 cm³/mol. The van der Waals surface area contributed by atoms with Crippen molar-refractivity contribution >= 4 is 5.97 Å². The average molecular weight is 264 g/mol. The first-order valence-electron chi connectivity index (χ1n) is 5.95. The molecule has 1 aromatic carbocycles. The number of carbonyl (C=O) groups is 1. The number of carboxylic acid groups (broad SMARTS) is 1. The highest BCUT2D eigenvalue weighted by molar-refractivity contribution is 5.66. The van der Waals surface area contributed by atoms with Gasteiger partial charge in [-0.3, -0.25) is 4.79 Å². The zero-order valence-corrected chi connectivity index (χ0v) is 10.2. The number of nitrogens with zero attached hydrogens (tertiary/aromatic N) is 2. The first kappa shape index (κ1) is 13.2. The van der Waals surface area contributed by atoms with Crippen molar-refractivity contribution in [2.75, 3.05) is 0 Å². The fraction of sp³-hybridized carbons (Fsp3) is 0.308. The Morgan fingerprint density at radius 3 is 2.89 bits per heavy atom. The predicted octanol–water partition coefficient (Wildman–Crippen LogP) is 2.67. The van der Waals surface area contributed by atoms with E-state index in [0.29, 0.717) is 30.7 Å². The fourth-order valence-electron chi connectivity index (χ4n) is 1.65. The molecule has 1 heterocycles. The van der Waals surface area contributed by atoms with Gasteiger partial charge in [0.05, 0.1) is 0 Å². The standard InChI is InChI=1S/C13H13FN2O3/c14-10-5-3-4-9(8-10)13-16-15-11(19-13)6-1-2-7-12(17)18/h3-5,8H,1-2,6-7H2,(H,17,18). The van der Waals surface area contributed by atoms with Crippen molar-refractivity contribution in [2.45, 2.75) is 25.7 Å². The van der Waals surface area contributed by atoms with Crippen LogP contribution in [0.4, 0.5) is 4.39 Å². The van der Waals surface area contributed by atoms with E-state index in [1.165, 1.54) is 12.1 Å². The van der Waals surface area contributed by atoms with Gasteiger partial charge in [-0.2, -0.15) is 0 Å². The summed E-state index contributed by atoms with van der Waals surface area (Å²) >= 11 is 0. The summed E-state index contributed by atoms with van der Waals surface area (Å²) in [5.41, 5.74) is 0.532. The molecule has 0 radical (unpaired) electrons. The van der Waals surface area contributed by atoms with E-state index in [1.807, 2.05) is 0 Å². The second kappa shape index (κ2) is 6.08. The van der Waals surface area contributed by atoms with Gasteiger partial charge < -0.3 is 9.52 Å². The Balaban J connectivity index is 1.94. The van der Waals surface area contributed by atoms with Crippen LogP contribution in [0.1, 0.15) is 25.2 Å². The van der Waals surface area contributed by atoms with E-state index in [9.17, 15) is 9.18 Å². The SMILES string of the molecule is O=C(O)CCCCc1nnc(-c2cccc(F)c2)o1. The molecule has 19 heavy (non-hydrogen) atoms. The lowest BCUT2D eigenvalue weighted by atomic mass is 10.2. The summed E-state index contributed by atoms with van der Waals surface area (Å²) in [7, 11) is 0. The van der Waals surface area contributed by atoms with Gasteiger partial charge in [-0.05, 0) is 31.0 Å². The van der Waals surface area contributed by atoms with E-state index < -0.39 is 5.97 Å². The van der Waals surface area contributed by atoms with Crippen molar-refractivity contribution in [3.8, 4) is 11.5 Å². The van der Waals surface area contributed by atoms with Crippen LogP contribution in [0.3, 0.4) is 0 Å². The molecule has 0 aliphatic carbocycles. The van der Waals surface area contributed by atoms with Crippen LogP contribution in [-0.2, 0) is 11.2 Å². The van der Waals surface area contributed by atoms with Crippen molar-refractivity contribution in [2.24, 2.45) is 0 Å². The number of aromatic nitrogens is 2. The van der Waals surface area contributed by atoms with Gasteiger partial charge in [-0.1, -0.05) is 6.07 Å². The van der Waals surface area contributed by atoms with E-state index in [1.54, 1.807) is 12.1 Å². The minimum absolute atomic E-state index is 0.130. The largest absolute Gasteiger partial charge is 0.481 e. The lowest BCUT2D eigenvalue weighted by molar-refractivity contribution is -0.137. The maximum atomic E-state index is 13.0. The Morgan fingerprint density at radius 2 is 2.16 bits per heavy atom. The molecule has 0 spiro atoms. The third-order valence-electron chi connectivity index (χ3n) is 2.57. The second-order valence-electron chi connectivity index (χ2n) is 4.11. The smallest absolute Gasteiger partial charge is 0.303 e. The van der Waals surface area contributed by atoms with Crippen LogP contribution in [0, 0.1) is 5.82 Å². The van der Waals surface area contributed by atoms with E-state index in [4.69, 9.17) is 9.52 Å². The van der Waals surface area contributed by atoms with Crippen molar-refractivity contribution in [3.05, 3.63) is 36.0 Å². The number of unbranched alkanes of at least 4 members (excludes halogenated alkanes) is 1. The molecule has 0 atom stereocenters. The van der Waals surface area contributed by atoms with Crippen LogP contribution in [-0.4, -0.2) is 21.3 Å². The third-order valence-corrected chi connectivity index (χ3v) is 2.57. The number of carboxylic acids is 1. The molecule has 2 rings (SSSR count). The van der Waals surface area contributed by atoms with Gasteiger partial charge in [-0.25, -0.2) is 4.39 Å². The molecule has 0 bridgehead atoms. The number of hydrogen-bond donors (Lipinski definition) is 1. The molecule has 0 fully saturated rings. The molecular weight excluding hydrogens is 251 g/mol. The normalized spacial score (nSPS) is 10.6. The Morgan fingerprint density at radius 1 is 1.32 bits per heavy atom. The molecule has 100 valence electrons. The average Bonchev–Trinajstić information content (AvgIpc) is 2.83. The molecule has 0 aliphatic rings. The molecular formula is C13H13FN2O3. The molecule has 0 unspecified atom stereocenters. The van der Waals surface area contributed by atoms with Crippen molar-refractivity contribution in [3.63, 3.8) is 0 Å². The summed E-state index contributed by atoms with van der Waals surface area (Å²) < 4.78 is 18.4. The van der Waals surface area contributed by atoms with Crippen molar-refractivity contribution in [1.82, 2.24) is 10.2 Å². The maximum absolute atomic E-state index is 13.0. The van der Waals surface area contributed by atoms with Crippen LogP contribution < -0.4 is 0 Å². The molecule has 0 saturated carbocycles. The van der Waals surface area contributed by atoms with E-state index >= 15 is 0 Å². The summed E-state index contributed by atoms with van der Waals surface area (Å²) in [5, 5.41) is 16.2. The minimum Gasteiger partial charge on any atom is -0.481 e. The number of hydrogen-bond acceptors (Lipinski definition) is 4. The van der Waals surface area contributed by atoms with Crippen LogP contribution >= 0.6 is 0 Å². The first-order valence-corrected chi connectivity index (χ1v) is 5.95. The zero-order chi connectivity index (χ0) is 13.7. The molecule has 1 N–H and O–H groups in total. The summed E-state index contributed by atoms with van der Waals surface area (Å²) in [6, 6.07) is 5.92. The topological polar surface area (TPSA) is 76.2 Å². The van der Waals surface area contributed by atoms with Gasteiger partial charge in [-0.15, -0.1) is 10.2 Å². The third kappa shape index (κ3) is 3.87. The lowest BCUT2D eigenvalue weighted by Crippen LogP contribution is -1.95. The van der Waals surface area contributed by atoms with Gasteiger partial charge in [0, 0.05) is 18.4 Å². The fourth-order valence-corrected chi connectivity index (χ4v) is 1.65. The molecule has 0 aliphatic heterocycles. The Bertz CT molecular complexity index is 569. The molecule has 5 nitrogen and oxygen atoms in total. The van der Waals surface area contributed by atoms with Gasteiger partial charge in [0.25, 0.3) is 0 Å². The number of aliphatic carboxylic acids is 1. The van der Waals surface area contributed by atoms with Gasteiger partial charge >= 0.3 is 5.97 Å². The van der Waals surface area contributed by atoms with E-state index in [-0.39, 0.29) is 18.1 Å². The second-order valence-corrected chi connectivity index (χ2v) is 4.11. The Labute approximate surface area is 109 Å². The summed E-state index contributed by atoms with van der Waals surface area (Å²) in [6.07, 6.45) is 1.88. The van der Waals surface area contributed by atoms with E-state index in [2.05, 4.69) is 10.2 Å². The Kier molecular flexibility index (Phi) is 4.22. The highest BCUT2D eigenvalue weighted by Gasteiger charge is 2.09. The van der Waals surface area contributed by atoms with Crippen LogP contribution in [0.5, 0.6) is 0 Å². The first-order chi connectivity index (χ1) is 9.15. The molecule has 2 aromatic rings. The minimum atomic E-state index is -0.814. The van der Waals surface area contributed by atoms with Crippen LogP contribution in [0.2, 0.25) is 0 Å². The number of benzene rings is 1. The number of halogens is 1. The molecule has 6 heteroatoms. The van der Waals surface area contributed by atoms with Gasteiger partial charge in [0.2, 0.25) is 11.8 Å². The highest BCUT2D eigenvalue weighted by atomic mass is 19.1. The van der Waals surface area contributed by atoms with Crippen LogP contribution in [0.25, 0.3) is 11.5 Å². The Hall–Kier alpha value is -2.24. The number of rotatable bonds is 6. The van der Waals surface area contributed by atoms with Gasteiger partial charge in [0.15, 0.2) is 0 Å². The molecule has 0 saturated heterocycles. The van der Waals surface area contributed by atoms with E-state index in [0.717, 1.165) is 0 Å². The maximum Gasteiger partial charge on any atom is 0.303 e. The summed E-state index contributed by atoms with van der Waals surface area (Å²) in [5.74, 6) is -0.470.